The molecule has 1 aliphatic rings. The van der Waals surface area contributed by atoms with Crippen LogP contribution >= 0.6 is 0 Å². The zero-order valence-corrected chi connectivity index (χ0v) is 13.5. The van der Waals surface area contributed by atoms with Gasteiger partial charge in [0.15, 0.2) is 17.5 Å². The van der Waals surface area contributed by atoms with E-state index in [1.807, 2.05) is 13.0 Å². The standard InChI is InChI=1S/C17H18N2O5/c1-3-13(17(21)22-4-2)19-16(20)8-6-12(18-19)11-5-7-14-15(9-11)24-10-23-14/h5-9,13H,3-4,10H2,1-2H3/t13-/m1/s1. The van der Waals surface area contributed by atoms with Gasteiger partial charge >= 0.3 is 5.97 Å². The molecule has 0 spiro atoms. The van der Waals surface area contributed by atoms with Crippen LogP contribution in [0, 0.1) is 0 Å². The Balaban J connectivity index is 1.99. The zero-order chi connectivity index (χ0) is 17.1. The number of esters is 1. The van der Waals surface area contributed by atoms with Crippen molar-refractivity contribution in [2.75, 3.05) is 13.4 Å². The summed E-state index contributed by atoms with van der Waals surface area (Å²) in [6.07, 6.45) is 0.413. The number of ether oxygens (including phenoxy) is 3. The summed E-state index contributed by atoms with van der Waals surface area (Å²) in [5, 5.41) is 4.35. The van der Waals surface area contributed by atoms with Crippen molar-refractivity contribution >= 4 is 5.97 Å². The fraction of sp³-hybridized carbons (Fsp3) is 0.353. The molecule has 1 aromatic carbocycles. The second-order valence-corrected chi connectivity index (χ2v) is 5.25. The number of benzene rings is 1. The van der Waals surface area contributed by atoms with Gasteiger partial charge in [-0.2, -0.15) is 5.10 Å². The molecule has 0 unspecified atom stereocenters. The third-order valence-corrected chi connectivity index (χ3v) is 3.73. The predicted octanol–water partition coefficient (Wildman–Crippen LogP) is 2.15. The fourth-order valence-electron chi connectivity index (χ4n) is 2.54. The first-order valence-corrected chi connectivity index (χ1v) is 7.80. The smallest absolute Gasteiger partial charge is 0.331 e. The normalized spacial score (nSPS) is 13.6. The van der Waals surface area contributed by atoms with E-state index in [2.05, 4.69) is 5.10 Å². The summed E-state index contributed by atoms with van der Waals surface area (Å²) in [5.41, 5.74) is 0.988. The number of hydrogen-bond donors (Lipinski definition) is 0. The lowest BCUT2D eigenvalue weighted by Crippen LogP contribution is -2.32. The first-order chi connectivity index (χ1) is 11.6. The predicted molar refractivity (Wildman–Crippen MR) is 86.0 cm³/mol. The topological polar surface area (TPSA) is 79.7 Å². The van der Waals surface area contributed by atoms with E-state index in [-0.39, 0.29) is 19.0 Å². The number of rotatable bonds is 5. The van der Waals surface area contributed by atoms with Crippen LogP contribution in [0.25, 0.3) is 11.3 Å². The molecule has 0 aliphatic carbocycles. The number of aromatic nitrogens is 2. The maximum Gasteiger partial charge on any atom is 0.331 e. The van der Waals surface area contributed by atoms with E-state index in [9.17, 15) is 9.59 Å². The van der Waals surface area contributed by atoms with Crippen molar-refractivity contribution in [3.8, 4) is 22.8 Å². The van der Waals surface area contributed by atoms with Crippen LogP contribution in [0.5, 0.6) is 11.5 Å². The highest BCUT2D eigenvalue weighted by Gasteiger charge is 2.23. The third-order valence-electron chi connectivity index (χ3n) is 3.73. The average molecular weight is 330 g/mol. The van der Waals surface area contributed by atoms with E-state index in [0.717, 1.165) is 5.56 Å². The number of carbonyl (C=O) groups excluding carboxylic acids is 1. The van der Waals surface area contributed by atoms with Crippen LogP contribution < -0.4 is 15.0 Å². The van der Waals surface area contributed by atoms with Gasteiger partial charge in [0.1, 0.15) is 0 Å². The molecule has 1 atom stereocenters. The van der Waals surface area contributed by atoms with Crippen LogP contribution in [0.15, 0.2) is 35.1 Å². The number of hydrogen-bond acceptors (Lipinski definition) is 6. The molecule has 24 heavy (non-hydrogen) atoms. The molecule has 2 aromatic rings. The molecule has 7 heteroatoms. The molecule has 2 heterocycles. The molecule has 0 saturated heterocycles. The van der Waals surface area contributed by atoms with E-state index in [1.54, 1.807) is 25.1 Å². The number of carbonyl (C=O) groups is 1. The molecule has 7 nitrogen and oxygen atoms in total. The van der Waals surface area contributed by atoms with Crippen molar-refractivity contribution in [3.05, 3.63) is 40.7 Å². The maximum absolute atomic E-state index is 12.1. The highest BCUT2D eigenvalue weighted by atomic mass is 16.7. The van der Waals surface area contributed by atoms with Gasteiger partial charge in [0.05, 0.1) is 12.3 Å². The number of nitrogens with zero attached hydrogens (tertiary/aromatic N) is 2. The van der Waals surface area contributed by atoms with Gasteiger partial charge in [0.2, 0.25) is 6.79 Å². The molecule has 3 rings (SSSR count). The molecular formula is C17H18N2O5. The van der Waals surface area contributed by atoms with Gasteiger partial charge in [-0.25, -0.2) is 9.48 Å². The Kier molecular flexibility index (Phi) is 4.50. The number of fused-ring (bicyclic) bond motifs is 1. The Morgan fingerprint density at radius 3 is 2.79 bits per heavy atom. The molecule has 1 aliphatic heterocycles. The maximum atomic E-state index is 12.1. The van der Waals surface area contributed by atoms with Crippen LogP contribution in [-0.2, 0) is 9.53 Å². The van der Waals surface area contributed by atoms with Crippen molar-refractivity contribution in [2.24, 2.45) is 0 Å². The Hall–Kier alpha value is -2.83. The summed E-state index contributed by atoms with van der Waals surface area (Å²) in [4.78, 5) is 24.2. The van der Waals surface area contributed by atoms with E-state index in [0.29, 0.717) is 23.6 Å². The summed E-state index contributed by atoms with van der Waals surface area (Å²) < 4.78 is 16.9. The molecule has 0 N–H and O–H groups in total. The lowest BCUT2D eigenvalue weighted by molar-refractivity contribution is -0.147. The monoisotopic (exact) mass is 330 g/mol. The van der Waals surface area contributed by atoms with Crippen LogP contribution in [-0.4, -0.2) is 29.1 Å². The van der Waals surface area contributed by atoms with E-state index in [4.69, 9.17) is 14.2 Å². The van der Waals surface area contributed by atoms with Gasteiger partial charge in [-0.1, -0.05) is 6.92 Å². The molecule has 126 valence electrons. The van der Waals surface area contributed by atoms with Gasteiger partial charge < -0.3 is 14.2 Å². The molecule has 0 amide bonds. The van der Waals surface area contributed by atoms with Crippen LogP contribution in [0.1, 0.15) is 26.3 Å². The van der Waals surface area contributed by atoms with Crippen molar-refractivity contribution in [1.29, 1.82) is 0 Å². The van der Waals surface area contributed by atoms with Gasteiger partial charge in [-0.15, -0.1) is 0 Å². The average Bonchev–Trinajstić information content (AvgIpc) is 3.05. The second kappa shape index (κ2) is 6.74. The van der Waals surface area contributed by atoms with Gasteiger partial charge in [-0.05, 0) is 37.6 Å². The van der Waals surface area contributed by atoms with Crippen molar-refractivity contribution in [2.45, 2.75) is 26.3 Å². The second-order valence-electron chi connectivity index (χ2n) is 5.25. The molecule has 0 fully saturated rings. The van der Waals surface area contributed by atoms with Gasteiger partial charge in [0, 0.05) is 11.6 Å². The zero-order valence-electron chi connectivity index (χ0n) is 13.5. The SMILES string of the molecule is CCOC(=O)[C@@H](CC)n1nc(-c2ccc3c(c2)OCO3)ccc1=O. The third kappa shape index (κ3) is 2.97. The minimum absolute atomic E-state index is 0.187. The molecule has 1 aromatic heterocycles. The Morgan fingerprint density at radius 1 is 1.25 bits per heavy atom. The molecule has 0 bridgehead atoms. The summed E-state index contributed by atoms with van der Waals surface area (Å²) in [7, 11) is 0. The molecule has 0 radical (unpaired) electrons. The van der Waals surface area contributed by atoms with E-state index in [1.165, 1.54) is 10.7 Å². The van der Waals surface area contributed by atoms with Crippen molar-refractivity contribution < 1.29 is 19.0 Å². The van der Waals surface area contributed by atoms with Crippen LogP contribution in [0.2, 0.25) is 0 Å². The van der Waals surface area contributed by atoms with Gasteiger partial charge in [-0.3, -0.25) is 4.79 Å². The van der Waals surface area contributed by atoms with E-state index >= 15 is 0 Å². The lowest BCUT2D eigenvalue weighted by Gasteiger charge is -2.16. The lowest BCUT2D eigenvalue weighted by atomic mass is 10.1. The Morgan fingerprint density at radius 2 is 2.04 bits per heavy atom. The molecule has 0 saturated carbocycles. The largest absolute Gasteiger partial charge is 0.464 e. The first-order valence-electron chi connectivity index (χ1n) is 7.80. The molecular weight excluding hydrogens is 312 g/mol. The highest BCUT2D eigenvalue weighted by Crippen LogP contribution is 2.35. The minimum Gasteiger partial charge on any atom is -0.464 e. The summed E-state index contributed by atoms with van der Waals surface area (Å²) in [6, 6.07) is 7.69. The van der Waals surface area contributed by atoms with Crippen LogP contribution in [0.3, 0.4) is 0 Å². The quantitative estimate of drug-likeness (QED) is 0.782. The Labute approximate surface area is 138 Å². The first kappa shape index (κ1) is 16.0. The summed E-state index contributed by atoms with van der Waals surface area (Å²) in [6.45, 7) is 3.98. The van der Waals surface area contributed by atoms with Crippen molar-refractivity contribution in [3.63, 3.8) is 0 Å². The Bertz CT molecular complexity index is 815. The van der Waals surface area contributed by atoms with Crippen molar-refractivity contribution in [1.82, 2.24) is 9.78 Å². The van der Waals surface area contributed by atoms with Crippen LogP contribution in [0.4, 0.5) is 0 Å². The van der Waals surface area contributed by atoms with Gasteiger partial charge in [0.25, 0.3) is 5.56 Å². The highest BCUT2D eigenvalue weighted by molar-refractivity contribution is 5.74. The fourth-order valence-corrected chi connectivity index (χ4v) is 2.54. The minimum atomic E-state index is -0.744. The van der Waals surface area contributed by atoms with E-state index < -0.39 is 12.0 Å². The summed E-state index contributed by atoms with van der Waals surface area (Å²) in [5.74, 6) is 0.840. The summed E-state index contributed by atoms with van der Waals surface area (Å²) >= 11 is 0.